The minimum absolute atomic E-state index is 0.0828. The molecule has 0 unspecified atom stereocenters. The molecule has 1 aromatic heterocycles. The Morgan fingerprint density at radius 3 is 2.60 bits per heavy atom. The molecule has 0 amide bonds. The molecule has 0 fully saturated rings. The summed E-state index contributed by atoms with van der Waals surface area (Å²) in [7, 11) is 1.65. The highest BCUT2D eigenvalue weighted by molar-refractivity contribution is 5.90. The van der Waals surface area contributed by atoms with E-state index in [9.17, 15) is 9.59 Å². The van der Waals surface area contributed by atoms with Crippen LogP contribution in [0.2, 0.25) is 0 Å². The summed E-state index contributed by atoms with van der Waals surface area (Å²) in [5.41, 5.74) is 1.55. The van der Waals surface area contributed by atoms with Crippen LogP contribution in [-0.4, -0.2) is 17.1 Å². The predicted octanol–water partition coefficient (Wildman–Crippen LogP) is 1.18. The second-order valence-electron chi connectivity index (χ2n) is 3.41. The maximum absolute atomic E-state index is 11.5. The molecule has 4 heteroatoms. The zero-order valence-corrected chi connectivity index (χ0v) is 9.46. The molecule has 1 rings (SSSR count). The lowest BCUT2D eigenvalue weighted by Gasteiger charge is -2.10. The van der Waals surface area contributed by atoms with Gasteiger partial charge in [0.1, 0.15) is 0 Å². The first kappa shape index (κ1) is 11.5. The summed E-state index contributed by atoms with van der Waals surface area (Å²) in [6, 6.07) is 1.58. The van der Waals surface area contributed by atoms with Gasteiger partial charge in [0.05, 0.1) is 12.2 Å². The van der Waals surface area contributed by atoms with E-state index in [1.165, 1.54) is 4.57 Å². The van der Waals surface area contributed by atoms with Gasteiger partial charge in [-0.25, -0.2) is 4.79 Å². The number of aryl methyl sites for hydroxylation is 1. The Morgan fingerprint density at radius 2 is 2.07 bits per heavy atom. The van der Waals surface area contributed by atoms with Gasteiger partial charge in [0.25, 0.3) is 5.56 Å². The highest BCUT2D eigenvalue weighted by Crippen LogP contribution is 2.08. The molecule has 0 aliphatic rings. The molecule has 15 heavy (non-hydrogen) atoms. The Bertz CT molecular complexity index is 446. The number of esters is 1. The minimum atomic E-state index is -0.381. The quantitative estimate of drug-likeness (QED) is 0.687. The van der Waals surface area contributed by atoms with Crippen LogP contribution >= 0.6 is 0 Å². The van der Waals surface area contributed by atoms with Crippen LogP contribution in [0.4, 0.5) is 0 Å². The molecule has 4 nitrogen and oxygen atoms in total. The summed E-state index contributed by atoms with van der Waals surface area (Å²) in [6.07, 6.45) is 0. The number of aromatic nitrogens is 1. The van der Waals surface area contributed by atoms with E-state index in [1.807, 2.05) is 0 Å². The summed E-state index contributed by atoms with van der Waals surface area (Å²) >= 11 is 0. The van der Waals surface area contributed by atoms with Crippen LogP contribution in [0.25, 0.3) is 0 Å². The fourth-order valence-corrected chi connectivity index (χ4v) is 1.40. The van der Waals surface area contributed by atoms with Crippen molar-refractivity contribution in [3.05, 3.63) is 33.2 Å². The first-order chi connectivity index (χ1) is 6.99. The first-order valence-corrected chi connectivity index (χ1v) is 4.83. The number of ether oxygens (including phenoxy) is 1. The summed E-state index contributed by atoms with van der Waals surface area (Å²) in [5, 5.41) is 0. The third kappa shape index (κ3) is 2.09. The van der Waals surface area contributed by atoms with Gasteiger partial charge in [-0.05, 0) is 26.8 Å². The minimum Gasteiger partial charge on any atom is -0.462 e. The van der Waals surface area contributed by atoms with Crippen molar-refractivity contribution in [2.45, 2.75) is 20.8 Å². The number of carbonyl (C=O) groups is 1. The summed E-state index contributed by atoms with van der Waals surface area (Å²) < 4.78 is 6.36. The first-order valence-electron chi connectivity index (χ1n) is 4.83. The summed E-state index contributed by atoms with van der Waals surface area (Å²) in [4.78, 5) is 23.1. The summed E-state index contributed by atoms with van der Waals surface area (Å²) in [6.45, 7) is 5.50. The number of carbonyl (C=O) groups excluding carboxylic acids is 1. The Balaban J connectivity index is 3.32. The molecule has 0 aromatic carbocycles. The molecule has 0 aliphatic carbocycles. The van der Waals surface area contributed by atoms with Gasteiger partial charge in [-0.2, -0.15) is 0 Å². The fraction of sp³-hybridized carbons (Fsp3) is 0.455. The van der Waals surface area contributed by atoms with E-state index in [-0.39, 0.29) is 11.5 Å². The lowest BCUT2D eigenvalue weighted by molar-refractivity contribution is 0.0524. The van der Waals surface area contributed by atoms with Crippen LogP contribution in [0.5, 0.6) is 0 Å². The van der Waals surface area contributed by atoms with E-state index in [4.69, 9.17) is 4.74 Å². The van der Waals surface area contributed by atoms with Gasteiger partial charge in [0.2, 0.25) is 0 Å². The fourth-order valence-electron chi connectivity index (χ4n) is 1.40. The zero-order valence-electron chi connectivity index (χ0n) is 9.46. The number of pyridine rings is 1. The number of hydrogen-bond donors (Lipinski definition) is 0. The van der Waals surface area contributed by atoms with Gasteiger partial charge in [-0.1, -0.05) is 0 Å². The Kier molecular flexibility index (Phi) is 3.29. The van der Waals surface area contributed by atoms with E-state index in [1.54, 1.807) is 33.9 Å². The molecule has 1 heterocycles. The third-order valence-electron chi connectivity index (χ3n) is 2.39. The maximum atomic E-state index is 11.5. The van der Waals surface area contributed by atoms with Crippen LogP contribution in [0.3, 0.4) is 0 Å². The van der Waals surface area contributed by atoms with Crippen molar-refractivity contribution in [1.82, 2.24) is 4.57 Å². The second kappa shape index (κ2) is 4.29. The molecule has 0 saturated carbocycles. The second-order valence-corrected chi connectivity index (χ2v) is 3.41. The molecular formula is C11H15NO3. The number of hydrogen-bond acceptors (Lipinski definition) is 3. The topological polar surface area (TPSA) is 48.3 Å². The number of rotatable bonds is 2. The van der Waals surface area contributed by atoms with E-state index >= 15 is 0 Å². The molecule has 0 bridgehead atoms. The molecule has 1 aromatic rings. The van der Waals surface area contributed by atoms with Crippen molar-refractivity contribution in [3.63, 3.8) is 0 Å². The van der Waals surface area contributed by atoms with Gasteiger partial charge in [-0.15, -0.1) is 0 Å². The molecule has 0 radical (unpaired) electrons. The van der Waals surface area contributed by atoms with Crippen molar-refractivity contribution in [2.75, 3.05) is 6.61 Å². The highest BCUT2D eigenvalue weighted by atomic mass is 16.5. The van der Waals surface area contributed by atoms with E-state index in [0.717, 1.165) is 0 Å². The van der Waals surface area contributed by atoms with E-state index < -0.39 is 0 Å². The Hall–Kier alpha value is -1.58. The average molecular weight is 209 g/mol. The Labute approximate surface area is 88.5 Å². The van der Waals surface area contributed by atoms with Crippen molar-refractivity contribution in [2.24, 2.45) is 7.05 Å². The molecule has 0 N–H and O–H groups in total. The smallest absolute Gasteiger partial charge is 0.339 e. The van der Waals surface area contributed by atoms with Gasteiger partial charge < -0.3 is 9.30 Å². The van der Waals surface area contributed by atoms with Gasteiger partial charge in [0, 0.05) is 18.3 Å². The maximum Gasteiger partial charge on any atom is 0.339 e. The van der Waals surface area contributed by atoms with Crippen molar-refractivity contribution >= 4 is 5.97 Å². The largest absolute Gasteiger partial charge is 0.462 e. The van der Waals surface area contributed by atoms with Crippen molar-refractivity contribution in [1.29, 1.82) is 0 Å². The van der Waals surface area contributed by atoms with Gasteiger partial charge in [-0.3, -0.25) is 4.79 Å². The Morgan fingerprint density at radius 1 is 1.47 bits per heavy atom. The molecule has 0 atom stereocenters. The lowest BCUT2D eigenvalue weighted by atomic mass is 10.1. The average Bonchev–Trinajstić information content (AvgIpc) is 2.20. The van der Waals surface area contributed by atoms with Crippen LogP contribution in [0.15, 0.2) is 10.9 Å². The van der Waals surface area contributed by atoms with E-state index in [2.05, 4.69) is 0 Å². The van der Waals surface area contributed by atoms with Crippen LogP contribution in [-0.2, 0) is 11.8 Å². The van der Waals surface area contributed by atoms with Crippen LogP contribution in [0.1, 0.15) is 28.5 Å². The number of nitrogens with zero attached hydrogens (tertiary/aromatic N) is 1. The molecule has 82 valence electrons. The van der Waals surface area contributed by atoms with Crippen molar-refractivity contribution in [3.8, 4) is 0 Å². The third-order valence-corrected chi connectivity index (χ3v) is 2.39. The highest BCUT2D eigenvalue weighted by Gasteiger charge is 2.14. The monoisotopic (exact) mass is 209 g/mol. The van der Waals surface area contributed by atoms with Crippen molar-refractivity contribution < 1.29 is 9.53 Å². The molecular weight excluding hydrogens is 194 g/mol. The molecule has 0 aliphatic heterocycles. The predicted molar refractivity (Wildman–Crippen MR) is 57.1 cm³/mol. The summed E-state index contributed by atoms with van der Waals surface area (Å²) in [5.74, 6) is -0.381. The van der Waals surface area contributed by atoms with Crippen LogP contribution in [0, 0.1) is 13.8 Å². The normalized spacial score (nSPS) is 10.1. The van der Waals surface area contributed by atoms with Gasteiger partial charge >= 0.3 is 5.97 Å². The van der Waals surface area contributed by atoms with Gasteiger partial charge in [0.15, 0.2) is 0 Å². The van der Waals surface area contributed by atoms with Crippen LogP contribution < -0.4 is 5.56 Å². The zero-order chi connectivity index (χ0) is 11.6. The molecule has 0 saturated heterocycles. The standard InChI is InChI=1S/C11H15NO3/c1-5-15-11(14)9-6-7(2)10(13)12(4)8(9)3/h6H,5H2,1-4H3. The SMILES string of the molecule is CCOC(=O)c1cc(C)c(=O)n(C)c1C. The molecule has 0 spiro atoms. The van der Waals surface area contributed by atoms with E-state index in [0.29, 0.717) is 23.4 Å². The lowest BCUT2D eigenvalue weighted by Crippen LogP contribution is -2.24.